The van der Waals surface area contributed by atoms with Crippen molar-refractivity contribution in [3.8, 4) is 5.75 Å². The van der Waals surface area contributed by atoms with Gasteiger partial charge >= 0.3 is 47.6 Å². The van der Waals surface area contributed by atoms with Crippen LogP contribution >= 0.6 is 11.8 Å². The Bertz CT molecular complexity index is 1180. The van der Waals surface area contributed by atoms with Crippen LogP contribution in [0.4, 0.5) is 74.6 Å². The first-order chi connectivity index (χ1) is 22.6. The molecule has 0 aliphatic rings. The minimum atomic E-state index is -8.62. The molecule has 0 saturated carbocycles. The van der Waals surface area contributed by atoms with Crippen LogP contribution in [0.15, 0.2) is 12.1 Å². The number of halogens is 17. The second-order valence-electron chi connectivity index (χ2n) is 12.0. The van der Waals surface area contributed by atoms with E-state index in [0.717, 1.165) is 32.1 Å². The van der Waals surface area contributed by atoms with E-state index in [-0.39, 0.29) is 5.75 Å². The van der Waals surface area contributed by atoms with Gasteiger partial charge in [-0.3, -0.25) is 0 Å². The fraction of sp³-hybridized carbons (Fsp3) is 0.806. The van der Waals surface area contributed by atoms with Crippen LogP contribution in [0.25, 0.3) is 0 Å². The summed E-state index contributed by atoms with van der Waals surface area (Å²) in [5, 5.41) is 0. The summed E-state index contributed by atoms with van der Waals surface area (Å²) in [5.41, 5.74) is 1.55. The number of benzene rings is 1. The zero-order valence-electron chi connectivity index (χ0n) is 27.3. The maximum Gasteiger partial charge on any atom is 0.460 e. The lowest BCUT2D eigenvalue weighted by Gasteiger charge is -2.42. The topological polar surface area (TPSA) is 9.23 Å². The van der Waals surface area contributed by atoms with Gasteiger partial charge in [-0.2, -0.15) is 86.4 Å². The molecule has 0 heterocycles. The highest BCUT2D eigenvalue weighted by molar-refractivity contribution is 7.98. The van der Waals surface area contributed by atoms with Crippen LogP contribution in [-0.4, -0.2) is 60.0 Å². The Hall–Kier alpha value is -1.82. The molecule has 1 nitrogen and oxygen atoms in total. The Kier molecular flexibility index (Phi) is 16.0. The zero-order valence-corrected chi connectivity index (χ0v) is 28.1. The fourth-order valence-corrected chi connectivity index (χ4v) is 5.81. The smallest absolute Gasteiger partial charge is 0.460 e. The van der Waals surface area contributed by atoms with E-state index in [0.29, 0.717) is 40.8 Å². The third kappa shape index (κ3) is 9.78. The molecule has 0 aliphatic carbocycles. The molecule has 0 unspecified atom stereocenters. The number of unbranched alkanes of at least 4 members (excludes halogenated alkanes) is 9. The van der Waals surface area contributed by atoms with Gasteiger partial charge in [0.2, 0.25) is 0 Å². The van der Waals surface area contributed by atoms with Gasteiger partial charge in [0, 0.05) is 12.2 Å². The lowest BCUT2D eigenvalue weighted by Crippen LogP contribution is -2.74. The zero-order chi connectivity index (χ0) is 39.0. The van der Waals surface area contributed by atoms with E-state index in [9.17, 15) is 74.6 Å². The van der Waals surface area contributed by atoms with Crippen molar-refractivity contribution in [2.45, 2.75) is 145 Å². The molecule has 50 heavy (non-hydrogen) atoms. The van der Waals surface area contributed by atoms with Gasteiger partial charge in [0.1, 0.15) is 5.75 Å². The van der Waals surface area contributed by atoms with Gasteiger partial charge in [0.15, 0.2) is 0 Å². The molecule has 0 atom stereocenters. The maximum atomic E-state index is 14.2. The van der Waals surface area contributed by atoms with Gasteiger partial charge in [-0.05, 0) is 42.7 Å². The van der Waals surface area contributed by atoms with Crippen LogP contribution in [0.2, 0.25) is 0 Å². The van der Waals surface area contributed by atoms with E-state index in [1.807, 2.05) is 0 Å². The van der Waals surface area contributed by atoms with Crippen molar-refractivity contribution in [2.75, 3.05) is 12.4 Å². The molecule has 0 aromatic heterocycles. The quantitative estimate of drug-likeness (QED) is 0.0808. The summed E-state index contributed by atoms with van der Waals surface area (Å²) in [4.78, 5) is 0. The molecule has 0 amide bonds. The fourth-order valence-electron chi connectivity index (χ4n) is 4.86. The highest BCUT2D eigenvalue weighted by Crippen LogP contribution is 2.64. The number of aryl methyl sites for hydroxylation is 2. The Morgan fingerprint density at radius 1 is 0.520 bits per heavy atom. The van der Waals surface area contributed by atoms with E-state index in [1.54, 1.807) is 13.8 Å². The molecule has 294 valence electrons. The molecule has 0 radical (unpaired) electrons. The predicted molar refractivity (Wildman–Crippen MR) is 155 cm³/mol. The molecule has 0 saturated heterocycles. The van der Waals surface area contributed by atoms with Crippen molar-refractivity contribution in [1.29, 1.82) is 0 Å². The van der Waals surface area contributed by atoms with E-state index < -0.39 is 59.8 Å². The second-order valence-corrected chi connectivity index (χ2v) is 13.1. The molecule has 19 heteroatoms. The third-order valence-electron chi connectivity index (χ3n) is 7.88. The molecular formula is C31H39F17OS. The van der Waals surface area contributed by atoms with Crippen LogP contribution in [-0.2, 0) is 5.75 Å². The first-order valence-electron chi connectivity index (χ1n) is 15.6. The summed E-state index contributed by atoms with van der Waals surface area (Å²) in [7, 11) is 0. The average Bonchev–Trinajstić information content (AvgIpc) is 2.98. The van der Waals surface area contributed by atoms with Crippen molar-refractivity contribution < 1.29 is 79.4 Å². The van der Waals surface area contributed by atoms with Crippen molar-refractivity contribution in [3.63, 3.8) is 0 Å². The van der Waals surface area contributed by atoms with E-state index in [2.05, 4.69) is 6.92 Å². The van der Waals surface area contributed by atoms with Gasteiger partial charge in [-0.15, -0.1) is 0 Å². The van der Waals surface area contributed by atoms with Crippen LogP contribution in [0, 0.1) is 13.8 Å². The summed E-state index contributed by atoms with van der Waals surface area (Å²) in [6.07, 6.45) is 0.852. The molecule has 1 aromatic rings. The number of alkyl halides is 17. The summed E-state index contributed by atoms with van der Waals surface area (Å²) in [6, 6.07) is 3.04. The number of ether oxygens (including phenoxy) is 1. The van der Waals surface area contributed by atoms with E-state index >= 15 is 0 Å². The summed E-state index contributed by atoms with van der Waals surface area (Å²) >= 11 is 0.364. The molecule has 0 bridgehead atoms. The molecular weight excluding hydrogens is 743 g/mol. The number of thioether (sulfide) groups is 1. The monoisotopic (exact) mass is 782 g/mol. The minimum Gasteiger partial charge on any atom is -0.493 e. The van der Waals surface area contributed by atoms with Crippen LogP contribution in [0.1, 0.15) is 94.2 Å². The lowest BCUT2D eigenvalue weighted by molar-refractivity contribution is -0.461. The molecule has 0 fully saturated rings. The summed E-state index contributed by atoms with van der Waals surface area (Å²) < 4.78 is 234. The van der Waals surface area contributed by atoms with Crippen molar-refractivity contribution in [2.24, 2.45) is 0 Å². The van der Waals surface area contributed by atoms with E-state index in [1.165, 1.54) is 44.2 Å². The van der Waals surface area contributed by atoms with Crippen LogP contribution in [0.5, 0.6) is 5.75 Å². The molecule has 0 aliphatic heterocycles. The summed E-state index contributed by atoms with van der Waals surface area (Å²) in [6.45, 7) is 5.81. The SMILES string of the molecule is CCCCCCCCCCCCOc1c(C)cc(CSCCC(F)(F)C(F)(F)C(F)(F)C(F)(F)C(F)(F)C(F)(F)C(F)(F)C(F)(F)F)cc1C. The van der Waals surface area contributed by atoms with Gasteiger partial charge in [0.05, 0.1) is 6.61 Å². The lowest BCUT2D eigenvalue weighted by atomic mass is 9.88. The Morgan fingerprint density at radius 2 is 0.900 bits per heavy atom. The molecule has 1 aromatic carbocycles. The van der Waals surface area contributed by atoms with E-state index in [4.69, 9.17) is 4.74 Å². The largest absolute Gasteiger partial charge is 0.493 e. The predicted octanol–water partition coefficient (Wildman–Crippen LogP) is 13.2. The van der Waals surface area contributed by atoms with Crippen molar-refractivity contribution in [3.05, 3.63) is 28.8 Å². The van der Waals surface area contributed by atoms with Gasteiger partial charge in [-0.1, -0.05) is 76.8 Å². The standard InChI is InChI=1S/C31H39F17OS/c1-4-5-6-7-8-9-10-11-12-13-15-49-23-20(2)17-22(18-21(23)3)19-50-16-14-24(32,33)25(34,35)26(36,37)27(38,39)28(40,41)29(42,43)30(44,45)31(46,47)48/h17-18H,4-16,19H2,1-3H3. The third-order valence-corrected chi connectivity index (χ3v) is 8.91. The second kappa shape index (κ2) is 17.3. The number of hydrogen-bond acceptors (Lipinski definition) is 2. The van der Waals surface area contributed by atoms with Gasteiger partial charge in [-0.25, -0.2) is 0 Å². The first-order valence-corrected chi connectivity index (χ1v) is 16.8. The summed E-state index contributed by atoms with van der Waals surface area (Å²) in [5.74, 6) is -57.1. The maximum absolute atomic E-state index is 14.2. The van der Waals surface area contributed by atoms with Gasteiger partial charge in [0.25, 0.3) is 0 Å². The first kappa shape index (κ1) is 46.2. The minimum absolute atomic E-state index is 0.259. The van der Waals surface area contributed by atoms with Crippen molar-refractivity contribution >= 4 is 11.8 Å². The Morgan fingerprint density at radius 3 is 1.32 bits per heavy atom. The van der Waals surface area contributed by atoms with Crippen molar-refractivity contribution in [1.82, 2.24) is 0 Å². The van der Waals surface area contributed by atoms with Crippen LogP contribution < -0.4 is 4.74 Å². The number of hydrogen-bond donors (Lipinski definition) is 0. The number of rotatable bonds is 23. The molecule has 0 spiro atoms. The van der Waals surface area contributed by atoms with Crippen LogP contribution in [0.3, 0.4) is 0 Å². The average molecular weight is 783 g/mol. The molecule has 1 rings (SSSR count). The van der Waals surface area contributed by atoms with Gasteiger partial charge < -0.3 is 4.74 Å². The highest BCUT2D eigenvalue weighted by Gasteiger charge is 2.95. The Balaban J connectivity index is 2.83. The highest BCUT2D eigenvalue weighted by atomic mass is 32.2. The molecule has 0 N–H and O–H groups in total. The Labute approximate surface area is 283 Å². The normalized spacial score (nSPS) is 14.4.